The standard InChI is InChI=1S/C13H9ClN2O2/c14-10-3-1-2-8(6-10)11-12(16-18-13(11)15)9-4-5-17-7-9/h1-7H,15H2. The van der Waals surface area contributed by atoms with E-state index in [4.69, 9.17) is 26.3 Å². The molecule has 90 valence electrons. The van der Waals surface area contributed by atoms with Gasteiger partial charge >= 0.3 is 0 Å². The molecule has 0 aliphatic heterocycles. The van der Waals surface area contributed by atoms with Crippen molar-refractivity contribution in [2.75, 3.05) is 5.73 Å². The number of nitrogens with zero attached hydrogens (tertiary/aromatic N) is 1. The first-order valence-electron chi connectivity index (χ1n) is 5.29. The van der Waals surface area contributed by atoms with Gasteiger partial charge in [-0.3, -0.25) is 0 Å². The predicted octanol–water partition coefficient (Wildman–Crippen LogP) is 3.84. The van der Waals surface area contributed by atoms with Crippen LogP contribution in [0, 0.1) is 0 Å². The maximum atomic E-state index is 5.98. The summed E-state index contributed by atoms with van der Waals surface area (Å²) < 4.78 is 10.1. The molecule has 0 radical (unpaired) electrons. The minimum absolute atomic E-state index is 0.258. The second-order valence-electron chi connectivity index (χ2n) is 3.79. The zero-order valence-corrected chi connectivity index (χ0v) is 10.0. The lowest BCUT2D eigenvalue weighted by Crippen LogP contribution is -1.87. The third-order valence-electron chi connectivity index (χ3n) is 2.63. The minimum atomic E-state index is 0.258. The van der Waals surface area contributed by atoms with Crippen LogP contribution in [-0.4, -0.2) is 5.16 Å². The van der Waals surface area contributed by atoms with Crippen molar-refractivity contribution in [3.8, 4) is 22.4 Å². The van der Waals surface area contributed by atoms with Crippen LogP contribution in [0.3, 0.4) is 0 Å². The predicted molar refractivity (Wildman–Crippen MR) is 69.1 cm³/mol. The van der Waals surface area contributed by atoms with Crippen molar-refractivity contribution < 1.29 is 8.94 Å². The molecule has 18 heavy (non-hydrogen) atoms. The maximum absolute atomic E-state index is 5.98. The van der Waals surface area contributed by atoms with E-state index in [0.717, 1.165) is 16.7 Å². The number of rotatable bonds is 2. The van der Waals surface area contributed by atoms with Crippen LogP contribution in [-0.2, 0) is 0 Å². The van der Waals surface area contributed by atoms with E-state index in [1.54, 1.807) is 24.7 Å². The van der Waals surface area contributed by atoms with Crippen LogP contribution in [0.1, 0.15) is 0 Å². The van der Waals surface area contributed by atoms with Gasteiger partial charge in [0.25, 0.3) is 0 Å². The number of benzene rings is 1. The fourth-order valence-corrected chi connectivity index (χ4v) is 2.01. The van der Waals surface area contributed by atoms with Crippen molar-refractivity contribution in [2.24, 2.45) is 0 Å². The molecule has 0 aliphatic carbocycles. The van der Waals surface area contributed by atoms with Gasteiger partial charge in [0.05, 0.1) is 18.1 Å². The summed E-state index contributed by atoms with van der Waals surface area (Å²) in [7, 11) is 0. The molecule has 4 nitrogen and oxygen atoms in total. The van der Waals surface area contributed by atoms with Crippen LogP contribution in [0.4, 0.5) is 5.88 Å². The van der Waals surface area contributed by atoms with Crippen LogP contribution in [0.2, 0.25) is 5.02 Å². The molecule has 0 fully saturated rings. The Labute approximate surface area is 108 Å². The normalized spacial score (nSPS) is 10.7. The molecule has 3 aromatic rings. The number of nitrogen functional groups attached to an aromatic ring is 1. The van der Waals surface area contributed by atoms with Crippen molar-refractivity contribution in [2.45, 2.75) is 0 Å². The van der Waals surface area contributed by atoms with E-state index in [1.807, 2.05) is 18.2 Å². The molecule has 0 amide bonds. The van der Waals surface area contributed by atoms with Crippen LogP contribution >= 0.6 is 11.6 Å². The molecule has 2 aromatic heterocycles. The molecule has 0 unspecified atom stereocenters. The first-order valence-corrected chi connectivity index (χ1v) is 5.67. The number of aromatic nitrogens is 1. The molecule has 0 atom stereocenters. The van der Waals surface area contributed by atoms with E-state index in [0.29, 0.717) is 10.7 Å². The monoisotopic (exact) mass is 260 g/mol. The van der Waals surface area contributed by atoms with Gasteiger partial charge in [0.15, 0.2) is 0 Å². The molecule has 0 bridgehead atoms. The third-order valence-corrected chi connectivity index (χ3v) is 2.86. The zero-order valence-electron chi connectivity index (χ0n) is 9.26. The van der Waals surface area contributed by atoms with Gasteiger partial charge in [0.1, 0.15) is 5.69 Å². The summed E-state index contributed by atoms with van der Waals surface area (Å²) in [5, 5.41) is 4.59. The zero-order chi connectivity index (χ0) is 12.5. The van der Waals surface area contributed by atoms with Crippen molar-refractivity contribution in [1.82, 2.24) is 5.16 Å². The van der Waals surface area contributed by atoms with E-state index in [9.17, 15) is 0 Å². The lowest BCUT2D eigenvalue weighted by Gasteiger charge is -2.01. The molecule has 1 aromatic carbocycles. The Kier molecular flexibility index (Phi) is 2.57. The van der Waals surface area contributed by atoms with Crippen molar-refractivity contribution >= 4 is 17.5 Å². The molecule has 0 saturated carbocycles. The van der Waals surface area contributed by atoms with Crippen molar-refractivity contribution in [3.63, 3.8) is 0 Å². The van der Waals surface area contributed by atoms with Crippen LogP contribution in [0.15, 0.2) is 51.8 Å². The molecular formula is C13H9ClN2O2. The fraction of sp³-hybridized carbons (Fsp3) is 0. The van der Waals surface area contributed by atoms with E-state index in [-0.39, 0.29) is 5.88 Å². The van der Waals surface area contributed by atoms with Gasteiger partial charge in [-0.2, -0.15) is 0 Å². The Morgan fingerprint density at radius 1 is 1.17 bits per heavy atom. The molecule has 5 heteroatoms. The second-order valence-corrected chi connectivity index (χ2v) is 4.23. The summed E-state index contributed by atoms with van der Waals surface area (Å²) in [6.45, 7) is 0. The Morgan fingerprint density at radius 3 is 2.78 bits per heavy atom. The minimum Gasteiger partial charge on any atom is -0.472 e. The first-order chi connectivity index (χ1) is 8.75. The summed E-state index contributed by atoms with van der Waals surface area (Å²) in [5.41, 5.74) is 8.86. The summed E-state index contributed by atoms with van der Waals surface area (Å²) >= 11 is 5.98. The fourth-order valence-electron chi connectivity index (χ4n) is 1.82. The van der Waals surface area contributed by atoms with E-state index < -0.39 is 0 Å². The van der Waals surface area contributed by atoms with E-state index >= 15 is 0 Å². The Bertz CT molecular complexity index is 674. The lowest BCUT2D eigenvalue weighted by molar-refractivity contribution is 0.439. The third kappa shape index (κ3) is 1.76. The number of halogens is 1. The average molecular weight is 261 g/mol. The Morgan fingerprint density at radius 2 is 2.06 bits per heavy atom. The van der Waals surface area contributed by atoms with E-state index in [1.165, 1.54) is 0 Å². The highest BCUT2D eigenvalue weighted by Gasteiger charge is 2.18. The topological polar surface area (TPSA) is 65.2 Å². The van der Waals surface area contributed by atoms with Gasteiger partial charge in [0.2, 0.25) is 5.88 Å². The largest absolute Gasteiger partial charge is 0.472 e. The first kappa shape index (κ1) is 10.9. The number of hydrogen-bond acceptors (Lipinski definition) is 4. The number of anilines is 1. The van der Waals surface area contributed by atoms with E-state index in [2.05, 4.69) is 5.16 Å². The molecule has 0 saturated heterocycles. The summed E-state index contributed by atoms with van der Waals surface area (Å²) in [6.07, 6.45) is 3.16. The van der Waals surface area contributed by atoms with Gasteiger partial charge in [0, 0.05) is 10.6 Å². The molecular weight excluding hydrogens is 252 g/mol. The van der Waals surface area contributed by atoms with Crippen molar-refractivity contribution in [3.05, 3.63) is 47.9 Å². The van der Waals surface area contributed by atoms with Crippen LogP contribution < -0.4 is 5.73 Å². The van der Waals surface area contributed by atoms with Gasteiger partial charge in [-0.1, -0.05) is 28.9 Å². The lowest BCUT2D eigenvalue weighted by atomic mass is 10.0. The van der Waals surface area contributed by atoms with Gasteiger partial charge < -0.3 is 14.7 Å². The highest BCUT2D eigenvalue weighted by atomic mass is 35.5. The van der Waals surface area contributed by atoms with Crippen LogP contribution in [0.25, 0.3) is 22.4 Å². The quantitative estimate of drug-likeness (QED) is 0.760. The van der Waals surface area contributed by atoms with Crippen molar-refractivity contribution in [1.29, 1.82) is 0 Å². The molecule has 2 N–H and O–H groups in total. The molecule has 0 spiro atoms. The van der Waals surface area contributed by atoms with Gasteiger partial charge in [-0.25, -0.2) is 0 Å². The highest BCUT2D eigenvalue weighted by Crippen LogP contribution is 2.36. The Balaban J connectivity index is 2.20. The molecule has 2 heterocycles. The molecule has 3 rings (SSSR count). The summed E-state index contributed by atoms with van der Waals surface area (Å²) in [6, 6.07) is 9.16. The second kappa shape index (κ2) is 4.23. The van der Waals surface area contributed by atoms with Gasteiger partial charge in [-0.15, -0.1) is 0 Å². The summed E-state index contributed by atoms with van der Waals surface area (Å²) in [4.78, 5) is 0. The van der Waals surface area contributed by atoms with Gasteiger partial charge in [-0.05, 0) is 23.8 Å². The highest BCUT2D eigenvalue weighted by molar-refractivity contribution is 6.30. The number of hydrogen-bond donors (Lipinski definition) is 1. The van der Waals surface area contributed by atoms with Crippen LogP contribution in [0.5, 0.6) is 0 Å². The number of nitrogens with two attached hydrogens (primary N) is 1. The Hall–Kier alpha value is -2.20. The number of furan rings is 1. The molecule has 0 aliphatic rings. The average Bonchev–Trinajstić information content (AvgIpc) is 2.97. The maximum Gasteiger partial charge on any atom is 0.230 e. The summed E-state index contributed by atoms with van der Waals surface area (Å²) in [5.74, 6) is 0.258. The smallest absolute Gasteiger partial charge is 0.230 e. The SMILES string of the molecule is Nc1onc(-c2ccoc2)c1-c1cccc(Cl)c1.